The molecule has 0 spiro atoms. The maximum Gasteiger partial charge on any atom is 0.355 e. The monoisotopic (exact) mass is 505 g/mol. The van der Waals surface area contributed by atoms with Gasteiger partial charge < -0.3 is 9.84 Å². The summed E-state index contributed by atoms with van der Waals surface area (Å²) in [7, 11) is 1.52. The highest BCUT2D eigenvalue weighted by Crippen LogP contribution is 2.41. The largest absolute Gasteiger partial charge is 0.497 e. The van der Waals surface area contributed by atoms with Crippen LogP contribution >= 0.6 is 23.2 Å². The summed E-state index contributed by atoms with van der Waals surface area (Å²) in [6, 6.07) is 17.4. The molecule has 0 bridgehead atoms. The first kappa shape index (κ1) is 23.8. The van der Waals surface area contributed by atoms with Gasteiger partial charge in [-0.2, -0.15) is 8.78 Å². The second-order valence-corrected chi connectivity index (χ2v) is 8.32. The van der Waals surface area contributed by atoms with Gasteiger partial charge in [-0.15, -0.1) is 5.53 Å². The molecule has 10 heteroatoms. The molecule has 0 radical (unpaired) electrons. The van der Waals surface area contributed by atoms with Crippen molar-refractivity contribution in [1.82, 2.24) is 16.0 Å². The molecule has 0 amide bonds. The summed E-state index contributed by atoms with van der Waals surface area (Å²) in [5.41, 5.74) is 4.96. The van der Waals surface area contributed by atoms with Crippen LogP contribution < -0.4 is 15.7 Å². The van der Waals surface area contributed by atoms with Crippen LogP contribution in [0, 0.1) is 0 Å². The molecule has 0 atom stereocenters. The van der Waals surface area contributed by atoms with E-state index in [2.05, 4.69) is 11.0 Å². The molecule has 0 saturated carbocycles. The normalized spacial score (nSPS) is 13.7. The summed E-state index contributed by atoms with van der Waals surface area (Å²) < 4.78 is 36.1. The van der Waals surface area contributed by atoms with Gasteiger partial charge in [-0.3, -0.25) is 10.4 Å². The van der Waals surface area contributed by atoms with Crippen LogP contribution in [0.25, 0.3) is 11.1 Å². The first-order valence-electron chi connectivity index (χ1n) is 10.0. The molecule has 176 valence electrons. The molecule has 0 saturated heterocycles. The van der Waals surface area contributed by atoms with Gasteiger partial charge in [-0.1, -0.05) is 59.6 Å². The topological polar surface area (TPSA) is 73.8 Å². The summed E-state index contributed by atoms with van der Waals surface area (Å²) >= 11 is 12.2. The molecule has 0 aromatic heterocycles. The summed E-state index contributed by atoms with van der Waals surface area (Å²) in [4.78, 5) is 12.0. The van der Waals surface area contributed by atoms with Crippen LogP contribution in [0.15, 0.2) is 78.1 Å². The SMILES string of the molecule is COc1ccc(CN2NNC(C(F)(F)c3ccc(-c4ccc(Cl)cc4)c(Cl)c3)=C2C(=O)O)cc1. The molecule has 6 nitrogen and oxygen atoms in total. The second-order valence-electron chi connectivity index (χ2n) is 7.48. The maximum absolute atomic E-state index is 15.5. The molecule has 0 unspecified atom stereocenters. The van der Waals surface area contributed by atoms with Gasteiger partial charge >= 0.3 is 11.9 Å². The summed E-state index contributed by atoms with van der Waals surface area (Å²) in [5.74, 6) is -4.56. The number of methoxy groups -OCH3 is 1. The van der Waals surface area contributed by atoms with Crippen molar-refractivity contribution >= 4 is 29.2 Å². The minimum Gasteiger partial charge on any atom is -0.497 e. The van der Waals surface area contributed by atoms with E-state index in [4.69, 9.17) is 27.9 Å². The Bertz CT molecular complexity index is 1250. The van der Waals surface area contributed by atoms with E-state index in [-0.39, 0.29) is 11.6 Å². The summed E-state index contributed by atoms with van der Waals surface area (Å²) in [6.45, 7) is 0.0223. The Kier molecular flexibility index (Phi) is 6.65. The number of alkyl halides is 2. The van der Waals surface area contributed by atoms with Gasteiger partial charge in [0.25, 0.3) is 0 Å². The van der Waals surface area contributed by atoms with Crippen molar-refractivity contribution in [3.05, 3.63) is 99.3 Å². The number of carboxylic acid groups (broad SMARTS) is 1. The fourth-order valence-electron chi connectivity index (χ4n) is 3.57. The van der Waals surface area contributed by atoms with Crippen LogP contribution in [0.4, 0.5) is 8.78 Å². The third-order valence-corrected chi connectivity index (χ3v) is 5.89. The molecule has 0 fully saturated rings. The van der Waals surface area contributed by atoms with E-state index in [9.17, 15) is 9.90 Å². The molecule has 3 aromatic rings. The lowest BCUT2D eigenvalue weighted by Crippen LogP contribution is -2.39. The Labute approximate surface area is 204 Å². The van der Waals surface area contributed by atoms with E-state index in [1.54, 1.807) is 48.5 Å². The molecule has 3 N–H and O–H groups in total. The lowest BCUT2D eigenvalue weighted by Gasteiger charge is -2.20. The van der Waals surface area contributed by atoms with Crippen LogP contribution in [-0.2, 0) is 17.3 Å². The van der Waals surface area contributed by atoms with Gasteiger partial charge in [0.05, 0.1) is 13.7 Å². The number of carbonyl (C=O) groups is 1. The number of hydrazine groups is 2. The van der Waals surface area contributed by atoms with Gasteiger partial charge in [0.2, 0.25) is 0 Å². The Morgan fingerprint density at radius 2 is 1.74 bits per heavy atom. The number of nitrogens with zero attached hydrogens (tertiary/aromatic N) is 1. The maximum atomic E-state index is 15.5. The Hall–Kier alpha value is -3.33. The molecule has 3 aromatic carbocycles. The predicted octanol–water partition coefficient (Wildman–Crippen LogP) is 5.58. The first-order chi connectivity index (χ1) is 16.2. The lowest BCUT2D eigenvalue weighted by molar-refractivity contribution is -0.135. The van der Waals surface area contributed by atoms with Crippen LogP contribution in [0.1, 0.15) is 11.1 Å². The third kappa shape index (κ3) is 4.65. The number of ether oxygens (including phenoxy) is 1. The van der Waals surface area contributed by atoms with E-state index >= 15 is 8.78 Å². The van der Waals surface area contributed by atoms with E-state index < -0.39 is 28.8 Å². The fourth-order valence-corrected chi connectivity index (χ4v) is 3.99. The number of halogens is 4. The van der Waals surface area contributed by atoms with Gasteiger partial charge in [-0.25, -0.2) is 4.79 Å². The van der Waals surface area contributed by atoms with E-state index in [0.717, 1.165) is 11.1 Å². The number of hydrogen-bond donors (Lipinski definition) is 3. The van der Waals surface area contributed by atoms with Gasteiger partial charge in [0.1, 0.15) is 11.4 Å². The molecular formula is C24H19Cl2F2N3O3. The van der Waals surface area contributed by atoms with Gasteiger partial charge in [0.15, 0.2) is 5.70 Å². The average molecular weight is 506 g/mol. The highest BCUT2D eigenvalue weighted by atomic mass is 35.5. The summed E-state index contributed by atoms with van der Waals surface area (Å²) in [6.07, 6.45) is 0. The van der Waals surface area contributed by atoms with Crippen molar-refractivity contribution in [2.75, 3.05) is 7.11 Å². The molecule has 4 rings (SSSR count). The minimum atomic E-state index is -3.67. The number of rotatable bonds is 7. The number of hydrogen-bond acceptors (Lipinski definition) is 5. The highest BCUT2D eigenvalue weighted by Gasteiger charge is 2.45. The summed E-state index contributed by atoms with van der Waals surface area (Å²) in [5, 5.41) is 11.5. The van der Waals surface area contributed by atoms with Crippen molar-refractivity contribution in [3.8, 4) is 16.9 Å². The van der Waals surface area contributed by atoms with E-state index in [1.165, 1.54) is 19.2 Å². The molecule has 0 aliphatic carbocycles. The van der Waals surface area contributed by atoms with E-state index in [1.807, 2.05) is 0 Å². The number of nitrogens with one attached hydrogen (secondary N) is 2. The van der Waals surface area contributed by atoms with Crippen molar-refractivity contribution in [3.63, 3.8) is 0 Å². The molecule has 1 aliphatic rings. The second kappa shape index (κ2) is 9.50. The van der Waals surface area contributed by atoms with Crippen LogP contribution in [0.2, 0.25) is 10.0 Å². The zero-order valence-electron chi connectivity index (χ0n) is 17.8. The number of allylic oxidation sites excluding steroid dienone is 1. The van der Waals surface area contributed by atoms with Crippen LogP contribution in [-0.4, -0.2) is 23.2 Å². The Balaban J connectivity index is 1.65. The van der Waals surface area contributed by atoms with Crippen molar-refractivity contribution in [2.24, 2.45) is 0 Å². The fraction of sp³-hybridized carbons (Fsp3) is 0.125. The zero-order valence-corrected chi connectivity index (χ0v) is 19.3. The van der Waals surface area contributed by atoms with Crippen LogP contribution in [0.3, 0.4) is 0 Å². The molecular weight excluding hydrogens is 487 g/mol. The Morgan fingerprint density at radius 1 is 1.06 bits per heavy atom. The quantitative estimate of drug-likeness (QED) is 0.389. The first-order valence-corrected chi connectivity index (χ1v) is 10.8. The average Bonchev–Trinajstić information content (AvgIpc) is 3.25. The van der Waals surface area contributed by atoms with Gasteiger partial charge in [-0.05, 0) is 41.5 Å². The van der Waals surface area contributed by atoms with Crippen molar-refractivity contribution in [1.29, 1.82) is 0 Å². The molecule has 34 heavy (non-hydrogen) atoms. The minimum absolute atomic E-state index is 0.0223. The van der Waals surface area contributed by atoms with Crippen molar-refractivity contribution in [2.45, 2.75) is 12.5 Å². The predicted molar refractivity (Wildman–Crippen MR) is 125 cm³/mol. The van der Waals surface area contributed by atoms with E-state index in [0.29, 0.717) is 27.5 Å². The Morgan fingerprint density at radius 3 is 2.32 bits per heavy atom. The molecule has 1 aliphatic heterocycles. The van der Waals surface area contributed by atoms with Crippen molar-refractivity contribution < 1.29 is 23.4 Å². The lowest BCUT2D eigenvalue weighted by atomic mass is 9.99. The number of aliphatic carboxylic acids is 1. The zero-order chi connectivity index (χ0) is 24.5. The third-order valence-electron chi connectivity index (χ3n) is 5.33. The van der Waals surface area contributed by atoms with Gasteiger partial charge in [0, 0.05) is 21.2 Å². The highest BCUT2D eigenvalue weighted by molar-refractivity contribution is 6.33. The standard InChI is InChI=1S/C24H19Cl2F2N3O3/c1-34-18-9-2-14(3-10-18)13-31-21(23(32)33)22(29-30-31)24(27,28)16-6-11-19(20(26)12-16)15-4-7-17(25)8-5-15/h2-12,29-30H,13H2,1H3,(H,32,33). The molecule has 1 heterocycles. The van der Waals surface area contributed by atoms with Crippen LogP contribution in [0.5, 0.6) is 5.75 Å². The number of carboxylic acids is 1. The smallest absolute Gasteiger partial charge is 0.355 e. The number of benzene rings is 3.